The Morgan fingerprint density at radius 3 is 2.75 bits per heavy atom. The Hall–Kier alpha value is -2.02. The maximum Gasteiger partial charge on any atom is 0.317 e. The Bertz CT molecular complexity index is 711. The molecule has 1 aliphatic rings. The number of rotatable bonds is 4. The summed E-state index contributed by atoms with van der Waals surface area (Å²) in [5.74, 6) is 0.133. The number of carbonyl (C=O) groups excluding carboxylic acids is 1. The molecule has 128 valence electrons. The normalized spacial score (nSPS) is 17.8. The zero-order chi connectivity index (χ0) is 17.1. The predicted octanol–water partition coefficient (Wildman–Crippen LogP) is 2.47. The number of thiazole rings is 1. The van der Waals surface area contributed by atoms with Crippen molar-refractivity contribution in [2.75, 3.05) is 13.1 Å². The van der Waals surface area contributed by atoms with Crippen LogP contribution in [0.25, 0.3) is 0 Å². The summed E-state index contributed by atoms with van der Waals surface area (Å²) in [5, 5.41) is 0.990. The van der Waals surface area contributed by atoms with E-state index in [0.717, 1.165) is 40.7 Å². The highest BCUT2D eigenvalue weighted by Gasteiger charge is 2.26. The van der Waals surface area contributed by atoms with Crippen molar-refractivity contribution in [3.05, 3.63) is 33.5 Å². The van der Waals surface area contributed by atoms with E-state index >= 15 is 0 Å². The van der Waals surface area contributed by atoms with E-state index in [-0.39, 0.29) is 12.0 Å². The van der Waals surface area contributed by atoms with Crippen LogP contribution in [0.3, 0.4) is 0 Å². The van der Waals surface area contributed by atoms with Gasteiger partial charge in [0.1, 0.15) is 6.10 Å². The molecule has 3 rings (SSSR count). The first-order chi connectivity index (χ1) is 11.5. The van der Waals surface area contributed by atoms with Crippen molar-refractivity contribution in [3.63, 3.8) is 0 Å². The van der Waals surface area contributed by atoms with Crippen molar-refractivity contribution in [1.82, 2.24) is 19.9 Å². The van der Waals surface area contributed by atoms with Crippen LogP contribution in [0.2, 0.25) is 0 Å². The standard InChI is InChI=1S/C17H22N4O2S/c1-11-7-12(2)20-17(19-11)23-14-5-4-6-21(10-14)16(22)8-15-9-18-13(3)24-15/h7,9,14H,4-6,8,10H2,1-3H3. The molecule has 0 aromatic carbocycles. The van der Waals surface area contributed by atoms with Crippen LogP contribution in [0, 0.1) is 20.8 Å². The highest BCUT2D eigenvalue weighted by Crippen LogP contribution is 2.19. The summed E-state index contributed by atoms with van der Waals surface area (Å²) in [4.78, 5) is 28.3. The van der Waals surface area contributed by atoms with E-state index in [1.807, 2.05) is 31.7 Å². The number of piperidine rings is 1. The van der Waals surface area contributed by atoms with Crippen LogP contribution in [0.15, 0.2) is 12.3 Å². The summed E-state index contributed by atoms with van der Waals surface area (Å²) < 4.78 is 5.93. The van der Waals surface area contributed by atoms with E-state index < -0.39 is 0 Å². The second-order valence-corrected chi connectivity index (χ2v) is 7.50. The van der Waals surface area contributed by atoms with Gasteiger partial charge in [0, 0.05) is 29.0 Å². The third-order valence-corrected chi connectivity index (χ3v) is 4.87. The van der Waals surface area contributed by atoms with Crippen LogP contribution < -0.4 is 4.74 Å². The lowest BCUT2D eigenvalue weighted by atomic mass is 10.1. The van der Waals surface area contributed by atoms with Crippen molar-refractivity contribution in [2.45, 2.75) is 46.1 Å². The molecular weight excluding hydrogens is 324 g/mol. The van der Waals surface area contributed by atoms with E-state index in [0.29, 0.717) is 19.0 Å². The molecule has 0 saturated carbocycles. The first-order valence-corrected chi connectivity index (χ1v) is 8.99. The first kappa shape index (κ1) is 16.8. The summed E-state index contributed by atoms with van der Waals surface area (Å²) in [6, 6.07) is 2.32. The third-order valence-electron chi connectivity index (χ3n) is 3.96. The Labute approximate surface area is 145 Å². The molecule has 1 unspecified atom stereocenters. The second-order valence-electron chi connectivity index (χ2n) is 6.18. The maximum absolute atomic E-state index is 12.5. The fraction of sp³-hybridized carbons (Fsp3) is 0.529. The number of nitrogens with zero attached hydrogens (tertiary/aromatic N) is 4. The van der Waals surface area contributed by atoms with Gasteiger partial charge in [-0.05, 0) is 39.7 Å². The van der Waals surface area contributed by atoms with Crippen molar-refractivity contribution in [3.8, 4) is 6.01 Å². The van der Waals surface area contributed by atoms with Gasteiger partial charge >= 0.3 is 6.01 Å². The summed E-state index contributed by atoms with van der Waals surface area (Å²) in [6.45, 7) is 7.18. The Morgan fingerprint density at radius 2 is 2.08 bits per heavy atom. The van der Waals surface area contributed by atoms with E-state index in [1.165, 1.54) is 0 Å². The number of likely N-dealkylation sites (tertiary alicyclic amines) is 1. The number of ether oxygens (including phenoxy) is 1. The van der Waals surface area contributed by atoms with Gasteiger partial charge in [0.25, 0.3) is 0 Å². The van der Waals surface area contributed by atoms with Gasteiger partial charge in [0.05, 0.1) is 18.0 Å². The molecule has 0 N–H and O–H groups in total. The molecule has 1 saturated heterocycles. The van der Waals surface area contributed by atoms with Crippen LogP contribution >= 0.6 is 11.3 Å². The van der Waals surface area contributed by atoms with Crippen LogP contribution in [0.1, 0.15) is 34.1 Å². The lowest BCUT2D eigenvalue weighted by Crippen LogP contribution is -2.45. The van der Waals surface area contributed by atoms with Crippen LogP contribution in [0.5, 0.6) is 6.01 Å². The average Bonchev–Trinajstić information content (AvgIpc) is 2.91. The number of aromatic nitrogens is 3. The largest absolute Gasteiger partial charge is 0.458 e. The predicted molar refractivity (Wildman–Crippen MR) is 92.3 cm³/mol. The van der Waals surface area contributed by atoms with Gasteiger partial charge in [0.2, 0.25) is 5.91 Å². The summed E-state index contributed by atoms with van der Waals surface area (Å²) in [6.07, 6.45) is 4.01. The minimum Gasteiger partial charge on any atom is -0.458 e. The number of hydrogen-bond donors (Lipinski definition) is 0. The molecule has 0 radical (unpaired) electrons. The van der Waals surface area contributed by atoms with Gasteiger partial charge in [-0.2, -0.15) is 0 Å². The molecule has 0 aliphatic carbocycles. The summed E-state index contributed by atoms with van der Waals surface area (Å²) >= 11 is 1.58. The summed E-state index contributed by atoms with van der Waals surface area (Å²) in [7, 11) is 0. The van der Waals surface area contributed by atoms with Crippen molar-refractivity contribution in [2.24, 2.45) is 0 Å². The van der Waals surface area contributed by atoms with Crippen LogP contribution in [0.4, 0.5) is 0 Å². The zero-order valence-corrected chi connectivity index (χ0v) is 15.1. The van der Waals surface area contributed by atoms with Gasteiger partial charge in [-0.3, -0.25) is 4.79 Å². The monoisotopic (exact) mass is 346 g/mol. The molecule has 2 aromatic rings. The Balaban J connectivity index is 1.60. The van der Waals surface area contributed by atoms with Gasteiger partial charge in [-0.1, -0.05) is 0 Å². The fourth-order valence-corrected chi connectivity index (χ4v) is 3.69. The van der Waals surface area contributed by atoms with Gasteiger partial charge < -0.3 is 9.64 Å². The average molecular weight is 346 g/mol. The Kier molecular flexibility index (Phi) is 5.08. The first-order valence-electron chi connectivity index (χ1n) is 8.17. The smallest absolute Gasteiger partial charge is 0.317 e. The molecule has 24 heavy (non-hydrogen) atoms. The van der Waals surface area contributed by atoms with Gasteiger partial charge in [-0.15, -0.1) is 11.3 Å². The quantitative estimate of drug-likeness (QED) is 0.851. The number of carbonyl (C=O) groups is 1. The van der Waals surface area contributed by atoms with E-state index in [4.69, 9.17) is 4.74 Å². The number of amides is 1. The zero-order valence-electron chi connectivity index (χ0n) is 14.3. The molecular formula is C17H22N4O2S. The SMILES string of the molecule is Cc1cc(C)nc(OC2CCCN(C(=O)Cc3cnc(C)s3)C2)n1. The lowest BCUT2D eigenvalue weighted by molar-refractivity contribution is -0.133. The highest BCUT2D eigenvalue weighted by molar-refractivity contribution is 7.11. The maximum atomic E-state index is 12.5. The van der Waals surface area contributed by atoms with Crippen LogP contribution in [-0.2, 0) is 11.2 Å². The Morgan fingerprint density at radius 1 is 1.33 bits per heavy atom. The third kappa shape index (κ3) is 4.29. The molecule has 1 atom stereocenters. The molecule has 1 fully saturated rings. The molecule has 6 nitrogen and oxygen atoms in total. The van der Waals surface area contributed by atoms with Crippen molar-refractivity contribution < 1.29 is 9.53 Å². The van der Waals surface area contributed by atoms with E-state index in [2.05, 4.69) is 15.0 Å². The van der Waals surface area contributed by atoms with Crippen LogP contribution in [-0.4, -0.2) is 45.0 Å². The molecule has 1 aliphatic heterocycles. The molecule has 1 amide bonds. The molecule has 0 spiro atoms. The minimum atomic E-state index is -0.0490. The van der Waals surface area contributed by atoms with Gasteiger partial charge in [-0.25, -0.2) is 15.0 Å². The van der Waals surface area contributed by atoms with Crippen molar-refractivity contribution >= 4 is 17.2 Å². The molecule has 0 bridgehead atoms. The van der Waals surface area contributed by atoms with Crippen molar-refractivity contribution in [1.29, 1.82) is 0 Å². The second kappa shape index (κ2) is 7.25. The molecule has 2 aromatic heterocycles. The van der Waals surface area contributed by atoms with Gasteiger partial charge in [0.15, 0.2) is 0 Å². The molecule has 7 heteroatoms. The molecule has 3 heterocycles. The summed E-state index contributed by atoms with van der Waals surface area (Å²) in [5.41, 5.74) is 1.78. The lowest BCUT2D eigenvalue weighted by Gasteiger charge is -2.32. The topological polar surface area (TPSA) is 68.2 Å². The van der Waals surface area contributed by atoms with E-state index in [1.54, 1.807) is 17.5 Å². The fourth-order valence-electron chi connectivity index (χ4n) is 2.90. The van der Waals surface area contributed by atoms with E-state index in [9.17, 15) is 4.79 Å². The minimum absolute atomic E-state index is 0.0490. The number of hydrogen-bond acceptors (Lipinski definition) is 6. The highest BCUT2D eigenvalue weighted by atomic mass is 32.1. The number of aryl methyl sites for hydroxylation is 3.